The highest BCUT2D eigenvalue weighted by Crippen LogP contribution is 2.26. The molecule has 3 rings (SSSR count). The van der Waals surface area contributed by atoms with Crippen molar-refractivity contribution in [3.8, 4) is 17.3 Å². The largest absolute Gasteiger partial charge is 0.360 e. The highest BCUT2D eigenvalue weighted by molar-refractivity contribution is 7.11. The molecule has 0 spiro atoms. The molecule has 118 valence electrons. The van der Waals surface area contributed by atoms with Gasteiger partial charge in [-0.15, -0.1) is 11.3 Å². The highest BCUT2D eigenvalue weighted by atomic mass is 35.5. The number of aromatic nitrogens is 1. The number of nitrogens with zero attached hydrogens (tertiary/aromatic N) is 2. The smallest absolute Gasteiger partial charge is 0.141 e. The summed E-state index contributed by atoms with van der Waals surface area (Å²) in [6, 6.07) is 16.1. The molecule has 6 heteroatoms. The number of thiazole rings is 1. The molecule has 0 radical (unpaired) electrons. The number of hydrogen-bond acceptors (Lipinski definition) is 4. The van der Waals surface area contributed by atoms with Gasteiger partial charge in [0.25, 0.3) is 0 Å². The van der Waals surface area contributed by atoms with Gasteiger partial charge in [-0.2, -0.15) is 5.26 Å². The highest BCUT2D eigenvalue weighted by Gasteiger charge is 2.09. The summed E-state index contributed by atoms with van der Waals surface area (Å²) in [7, 11) is 0. The molecular formula is C18H11ClFN3S. The lowest BCUT2D eigenvalue weighted by atomic mass is 10.2. The van der Waals surface area contributed by atoms with E-state index in [9.17, 15) is 9.65 Å². The van der Waals surface area contributed by atoms with Crippen LogP contribution < -0.4 is 5.32 Å². The number of allylic oxidation sites excluding steroid dienone is 1. The van der Waals surface area contributed by atoms with Gasteiger partial charge in [-0.1, -0.05) is 41.9 Å². The summed E-state index contributed by atoms with van der Waals surface area (Å²) in [5, 5.41) is 14.8. The normalized spacial score (nSPS) is 11.1. The van der Waals surface area contributed by atoms with Crippen molar-refractivity contribution in [2.24, 2.45) is 0 Å². The van der Waals surface area contributed by atoms with Crippen LogP contribution in [0.25, 0.3) is 16.8 Å². The van der Waals surface area contributed by atoms with E-state index >= 15 is 0 Å². The van der Waals surface area contributed by atoms with Crippen LogP contribution in [0.1, 0.15) is 5.01 Å². The summed E-state index contributed by atoms with van der Waals surface area (Å²) in [5.41, 5.74) is 2.80. The third kappa shape index (κ3) is 3.62. The van der Waals surface area contributed by atoms with Crippen LogP contribution in [0, 0.1) is 17.1 Å². The minimum atomic E-state index is -0.487. The van der Waals surface area contributed by atoms with Gasteiger partial charge in [0.15, 0.2) is 0 Å². The molecule has 2 aromatic carbocycles. The summed E-state index contributed by atoms with van der Waals surface area (Å²) >= 11 is 7.13. The van der Waals surface area contributed by atoms with Crippen LogP contribution in [-0.4, -0.2) is 4.98 Å². The van der Waals surface area contributed by atoms with Crippen molar-refractivity contribution in [2.75, 3.05) is 5.32 Å². The Balaban J connectivity index is 1.82. The van der Waals surface area contributed by atoms with Gasteiger partial charge in [-0.3, -0.25) is 0 Å². The Hall–Kier alpha value is -2.68. The zero-order valence-electron chi connectivity index (χ0n) is 12.3. The van der Waals surface area contributed by atoms with E-state index in [1.54, 1.807) is 6.07 Å². The van der Waals surface area contributed by atoms with Gasteiger partial charge in [0.1, 0.15) is 22.5 Å². The van der Waals surface area contributed by atoms with Crippen molar-refractivity contribution in [3.05, 3.63) is 76.0 Å². The van der Waals surface area contributed by atoms with Gasteiger partial charge in [0.05, 0.1) is 10.7 Å². The fraction of sp³-hybridized carbons (Fsp3) is 0. The summed E-state index contributed by atoms with van der Waals surface area (Å²) in [4.78, 5) is 4.50. The van der Waals surface area contributed by atoms with Crippen molar-refractivity contribution < 1.29 is 4.39 Å². The van der Waals surface area contributed by atoms with Crippen LogP contribution in [0.5, 0.6) is 0 Å². The van der Waals surface area contributed by atoms with Gasteiger partial charge in [0.2, 0.25) is 0 Å². The molecule has 0 aliphatic carbocycles. The van der Waals surface area contributed by atoms with Crippen molar-refractivity contribution in [1.29, 1.82) is 5.26 Å². The molecular weight excluding hydrogens is 345 g/mol. The molecule has 1 heterocycles. The molecule has 0 bridgehead atoms. The summed E-state index contributed by atoms with van der Waals surface area (Å²) < 4.78 is 13.2. The molecule has 0 atom stereocenters. The average molecular weight is 356 g/mol. The molecule has 0 aliphatic rings. The topological polar surface area (TPSA) is 48.7 Å². The summed E-state index contributed by atoms with van der Waals surface area (Å²) in [5.74, 6) is -0.487. The predicted molar refractivity (Wildman–Crippen MR) is 96.2 cm³/mol. The molecule has 24 heavy (non-hydrogen) atoms. The third-order valence-electron chi connectivity index (χ3n) is 3.23. The maximum atomic E-state index is 13.2. The minimum Gasteiger partial charge on any atom is -0.360 e. The molecule has 0 saturated heterocycles. The second-order valence-electron chi connectivity index (χ2n) is 4.85. The average Bonchev–Trinajstić information content (AvgIpc) is 3.09. The number of benzene rings is 2. The Morgan fingerprint density at radius 3 is 2.75 bits per heavy atom. The first-order chi connectivity index (χ1) is 11.7. The van der Waals surface area contributed by atoms with Crippen molar-refractivity contribution >= 4 is 34.2 Å². The lowest BCUT2D eigenvalue weighted by molar-refractivity contribution is 0.628. The van der Waals surface area contributed by atoms with Gasteiger partial charge < -0.3 is 5.32 Å². The maximum absolute atomic E-state index is 13.2. The van der Waals surface area contributed by atoms with Crippen LogP contribution in [0.15, 0.2) is 60.1 Å². The van der Waals surface area contributed by atoms with E-state index in [0.29, 0.717) is 16.3 Å². The summed E-state index contributed by atoms with van der Waals surface area (Å²) in [6.07, 6.45) is 1.54. The van der Waals surface area contributed by atoms with Gasteiger partial charge >= 0.3 is 0 Å². The Bertz CT molecular complexity index is 929. The first-order valence-electron chi connectivity index (χ1n) is 7.00. The van der Waals surface area contributed by atoms with Crippen molar-refractivity contribution in [2.45, 2.75) is 0 Å². The van der Waals surface area contributed by atoms with E-state index in [-0.39, 0.29) is 5.02 Å². The fourth-order valence-corrected chi connectivity index (χ4v) is 3.00. The van der Waals surface area contributed by atoms with Crippen LogP contribution >= 0.6 is 22.9 Å². The van der Waals surface area contributed by atoms with E-state index in [1.807, 2.05) is 35.7 Å². The number of rotatable bonds is 4. The Labute approximate surface area is 147 Å². The van der Waals surface area contributed by atoms with Gasteiger partial charge in [0, 0.05) is 22.8 Å². The van der Waals surface area contributed by atoms with E-state index in [4.69, 9.17) is 11.6 Å². The fourth-order valence-electron chi connectivity index (χ4n) is 2.02. The standard InChI is InChI=1S/C18H11ClFN3S/c19-15-8-14(6-7-16(15)20)22-10-13(9-21)18-23-17(11-24-18)12-4-2-1-3-5-12/h1-8,10-11,22H/b13-10-. The van der Waals surface area contributed by atoms with E-state index in [0.717, 1.165) is 11.3 Å². The lowest BCUT2D eigenvalue weighted by Gasteiger charge is -2.02. The first-order valence-corrected chi connectivity index (χ1v) is 8.26. The Morgan fingerprint density at radius 2 is 2.04 bits per heavy atom. The Kier molecular flexibility index (Phi) is 4.90. The number of nitriles is 1. The van der Waals surface area contributed by atoms with Crippen LogP contribution in [0.2, 0.25) is 5.02 Å². The number of hydrogen-bond donors (Lipinski definition) is 1. The predicted octanol–water partition coefficient (Wildman–Crippen LogP) is 5.58. The van der Waals surface area contributed by atoms with Gasteiger partial charge in [-0.25, -0.2) is 9.37 Å². The summed E-state index contributed by atoms with van der Waals surface area (Å²) in [6.45, 7) is 0. The van der Waals surface area contributed by atoms with Crippen molar-refractivity contribution in [1.82, 2.24) is 4.98 Å². The Morgan fingerprint density at radius 1 is 1.25 bits per heavy atom. The van der Waals surface area contributed by atoms with Gasteiger partial charge in [-0.05, 0) is 18.2 Å². The van der Waals surface area contributed by atoms with Crippen molar-refractivity contribution in [3.63, 3.8) is 0 Å². The molecule has 0 amide bonds. The zero-order chi connectivity index (χ0) is 16.9. The number of anilines is 1. The molecule has 0 saturated carbocycles. The van der Waals surface area contributed by atoms with Crippen LogP contribution in [0.3, 0.4) is 0 Å². The lowest BCUT2D eigenvalue weighted by Crippen LogP contribution is -1.92. The number of nitrogens with one attached hydrogen (secondary N) is 1. The van der Waals surface area contributed by atoms with E-state index in [1.165, 1.54) is 29.7 Å². The maximum Gasteiger partial charge on any atom is 0.141 e. The zero-order valence-corrected chi connectivity index (χ0v) is 13.9. The second-order valence-corrected chi connectivity index (χ2v) is 6.11. The molecule has 0 unspecified atom stereocenters. The molecule has 3 nitrogen and oxygen atoms in total. The van der Waals surface area contributed by atoms with E-state index in [2.05, 4.69) is 16.4 Å². The van der Waals surface area contributed by atoms with Crippen LogP contribution in [-0.2, 0) is 0 Å². The SMILES string of the molecule is N#C/C(=C/Nc1ccc(F)c(Cl)c1)c1nc(-c2ccccc2)cs1. The third-order valence-corrected chi connectivity index (χ3v) is 4.39. The molecule has 1 N–H and O–H groups in total. The second kappa shape index (κ2) is 7.26. The van der Waals surface area contributed by atoms with E-state index < -0.39 is 5.82 Å². The molecule has 0 fully saturated rings. The monoisotopic (exact) mass is 355 g/mol. The quantitative estimate of drug-likeness (QED) is 0.621. The molecule has 3 aromatic rings. The molecule has 1 aromatic heterocycles. The molecule has 0 aliphatic heterocycles. The first kappa shape index (κ1) is 16.2. The number of halogens is 2. The minimum absolute atomic E-state index is 0.0209. The van der Waals surface area contributed by atoms with Crippen LogP contribution in [0.4, 0.5) is 10.1 Å².